The highest BCUT2D eigenvalue weighted by molar-refractivity contribution is 7.85. The van der Waals surface area contributed by atoms with Crippen LogP contribution >= 0.6 is 0 Å². The molecule has 2 rings (SSSR count). The van der Waals surface area contributed by atoms with Gasteiger partial charge < -0.3 is 11.1 Å². The molecule has 0 aliphatic carbocycles. The lowest BCUT2D eigenvalue weighted by atomic mass is 10.2. The van der Waals surface area contributed by atoms with E-state index in [0.29, 0.717) is 10.6 Å². The molecule has 0 spiro atoms. The van der Waals surface area contributed by atoms with Gasteiger partial charge in [-0.1, -0.05) is 18.2 Å². The minimum atomic E-state index is -1.43. The van der Waals surface area contributed by atoms with Crippen LogP contribution in [0, 0.1) is 12.7 Å². The van der Waals surface area contributed by atoms with Gasteiger partial charge in [0.1, 0.15) is 11.6 Å². The summed E-state index contributed by atoms with van der Waals surface area (Å²) < 4.78 is 25.2. The molecule has 3 N–H and O–H groups in total. The number of nitrogens with two attached hydrogens (primary N) is 1. The Balaban J connectivity index is 2.03. The molecule has 1 unspecified atom stereocenters. The zero-order valence-corrected chi connectivity index (χ0v) is 12.2. The first-order valence-electron chi connectivity index (χ1n) is 6.26. The predicted octanol–water partition coefficient (Wildman–Crippen LogP) is 2.46. The summed E-state index contributed by atoms with van der Waals surface area (Å²) in [6.45, 7) is 1.84. The molecular formula is C15H15FN2O2S. The number of rotatable bonds is 4. The van der Waals surface area contributed by atoms with E-state index in [2.05, 4.69) is 5.32 Å². The second-order valence-electron chi connectivity index (χ2n) is 4.54. The van der Waals surface area contributed by atoms with Crippen LogP contribution in [0.4, 0.5) is 15.8 Å². The number of nitrogens with one attached hydrogen (secondary N) is 1. The van der Waals surface area contributed by atoms with Crippen molar-refractivity contribution in [2.75, 3.05) is 16.8 Å². The molecule has 0 fully saturated rings. The van der Waals surface area contributed by atoms with Crippen LogP contribution in [0.1, 0.15) is 5.56 Å². The zero-order valence-electron chi connectivity index (χ0n) is 11.4. The third kappa shape index (κ3) is 3.88. The molecule has 2 aromatic rings. The summed E-state index contributed by atoms with van der Waals surface area (Å²) in [5.74, 6) is -1.12. The number of anilines is 2. The van der Waals surface area contributed by atoms with Gasteiger partial charge in [-0.25, -0.2) is 4.39 Å². The lowest BCUT2D eigenvalue weighted by Crippen LogP contribution is -2.20. The normalized spacial score (nSPS) is 11.9. The summed E-state index contributed by atoms with van der Waals surface area (Å²) >= 11 is 0. The smallest absolute Gasteiger partial charge is 0.237 e. The lowest BCUT2D eigenvalue weighted by molar-refractivity contribution is -0.113. The average molecular weight is 306 g/mol. The molecule has 0 heterocycles. The van der Waals surface area contributed by atoms with Crippen molar-refractivity contribution in [3.05, 3.63) is 53.8 Å². The van der Waals surface area contributed by atoms with Gasteiger partial charge in [-0.3, -0.25) is 9.00 Å². The van der Waals surface area contributed by atoms with Gasteiger partial charge in [-0.15, -0.1) is 0 Å². The van der Waals surface area contributed by atoms with Gasteiger partial charge in [0, 0.05) is 10.6 Å². The van der Waals surface area contributed by atoms with Crippen molar-refractivity contribution in [1.82, 2.24) is 0 Å². The number of aryl methyl sites for hydroxylation is 1. The first-order chi connectivity index (χ1) is 9.97. The Bertz CT molecular complexity index is 704. The topological polar surface area (TPSA) is 72.2 Å². The van der Waals surface area contributed by atoms with Gasteiger partial charge >= 0.3 is 0 Å². The van der Waals surface area contributed by atoms with Crippen LogP contribution in [-0.4, -0.2) is 15.9 Å². The minimum absolute atomic E-state index is 0.0483. The summed E-state index contributed by atoms with van der Waals surface area (Å²) in [6.07, 6.45) is 0. The number of nitrogen functional groups attached to an aromatic ring is 1. The van der Waals surface area contributed by atoms with Crippen molar-refractivity contribution >= 4 is 28.1 Å². The van der Waals surface area contributed by atoms with Crippen molar-refractivity contribution in [3.8, 4) is 0 Å². The monoisotopic (exact) mass is 306 g/mol. The summed E-state index contributed by atoms with van der Waals surface area (Å²) in [5, 5.41) is 2.55. The van der Waals surface area contributed by atoms with Crippen molar-refractivity contribution in [3.63, 3.8) is 0 Å². The van der Waals surface area contributed by atoms with Crippen LogP contribution in [0.25, 0.3) is 0 Å². The Hall–Kier alpha value is -2.21. The molecule has 110 valence electrons. The van der Waals surface area contributed by atoms with E-state index in [4.69, 9.17) is 5.73 Å². The molecule has 4 nitrogen and oxygen atoms in total. The second kappa shape index (κ2) is 6.49. The van der Waals surface area contributed by atoms with Gasteiger partial charge in [0.2, 0.25) is 5.91 Å². The first kappa shape index (κ1) is 15.2. The highest BCUT2D eigenvalue weighted by Gasteiger charge is 2.12. The number of hydrogen-bond donors (Lipinski definition) is 2. The average Bonchev–Trinajstić information content (AvgIpc) is 2.43. The first-order valence-corrected chi connectivity index (χ1v) is 7.58. The lowest BCUT2D eigenvalue weighted by Gasteiger charge is -2.08. The number of carbonyl (C=O) groups is 1. The standard InChI is InChI=1S/C15H15FN2O2S/c1-10-4-2-3-5-14(10)21(20)9-15(19)18-11-6-7-12(16)13(17)8-11/h2-8H,9,17H2,1H3,(H,18,19). The highest BCUT2D eigenvalue weighted by Crippen LogP contribution is 2.17. The van der Waals surface area contributed by atoms with Gasteiger partial charge in [0.25, 0.3) is 0 Å². The van der Waals surface area contributed by atoms with E-state index >= 15 is 0 Å². The van der Waals surface area contributed by atoms with Gasteiger partial charge in [0.05, 0.1) is 16.5 Å². The summed E-state index contributed by atoms with van der Waals surface area (Å²) in [7, 11) is -1.43. The van der Waals surface area contributed by atoms with Gasteiger partial charge in [0.15, 0.2) is 0 Å². The number of amides is 1. The summed E-state index contributed by atoms with van der Waals surface area (Å²) in [6, 6.07) is 11.1. The maximum absolute atomic E-state index is 13.0. The maximum atomic E-state index is 13.0. The Morgan fingerprint density at radius 3 is 2.67 bits per heavy atom. The van der Waals surface area contributed by atoms with E-state index < -0.39 is 22.5 Å². The van der Waals surface area contributed by atoms with Crippen LogP contribution < -0.4 is 11.1 Å². The van der Waals surface area contributed by atoms with Gasteiger partial charge in [-0.05, 0) is 36.8 Å². The molecule has 0 aliphatic rings. The molecule has 0 saturated heterocycles. The minimum Gasteiger partial charge on any atom is -0.396 e. The molecule has 1 amide bonds. The van der Waals surface area contributed by atoms with Crippen molar-refractivity contribution in [1.29, 1.82) is 0 Å². The van der Waals surface area contributed by atoms with Crippen LogP contribution in [0.5, 0.6) is 0 Å². The van der Waals surface area contributed by atoms with E-state index in [-0.39, 0.29) is 11.4 Å². The Labute approximate surface area is 124 Å². The molecule has 0 radical (unpaired) electrons. The molecule has 21 heavy (non-hydrogen) atoms. The number of hydrogen-bond acceptors (Lipinski definition) is 3. The fraction of sp³-hybridized carbons (Fsp3) is 0.133. The van der Waals surface area contributed by atoms with E-state index in [0.717, 1.165) is 5.56 Å². The maximum Gasteiger partial charge on any atom is 0.237 e. The van der Waals surface area contributed by atoms with Crippen molar-refractivity contribution in [2.45, 2.75) is 11.8 Å². The Morgan fingerprint density at radius 1 is 1.29 bits per heavy atom. The number of carbonyl (C=O) groups excluding carboxylic acids is 1. The van der Waals surface area contributed by atoms with Crippen molar-refractivity contribution in [2.24, 2.45) is 0 Å². The van der Waals surface area contributed by atoms with Crippen LogP contribution in [-0.2, 0) is 15.6 Å². The molecule has 6 heteroatoms. The van der Waals surface area contributed by atoms with Crippen molar-refractivity contribution < 1.29 is 13.4 Å². The summed E-state index contributed by atoms with van der Waals surface area (Å²) in [5.41, 5.74) is 6.62. The molecule has 0 aliphatic heterocycles. The Morgan fingerprint density at radius 2 is 2.00 bits per heavy atom. The molecule has 0 saturated carbocycles. The zero-order chi connectivity index (χ0) is 15.4. The van der Waals surface area contributed by atoms with E-state index in [9.17, 15) is 13.4 Å². The molecular weight excluding hydrogens is 291 g/mol. The third-order valence-electron chi connectivity index (χ3n) is 2.88. The van der Waals surface area contributed by atoms with E-state index in [1.165, 1.54) is 18.2 Å². The highest BCUT2D eigenvalue weighted by atomic mass is 32.2. The van der Waals surface area contributed by atoms with Gasteiger partial charge in [-0.2, -0.15) is 0 Å². The molecule has 1 atom stereocenters. The van der Waals surface area contributed by atoms with Crippen LogP contribution in [0.3, 0.4) is 0 Å². The van der Waals surface area contributed by atoms with E-state index in [1.54, 1.807) is 12.1 Å². The predicted molar refractivity (Wildman–Crippen MR) is 81.9 cm³/mol. The molecule has 0 bridgehead atoms. The quantitative estimate of drug-likeness (QED) is 0.852. The van der Waals surface area contributed by atoms with E-state index in [1.807, 2.05) is 19.1 Å². The van der Waals surface area contributed by atoms with Crippen LogP contribution in [0.2, 0.25) is 0 Å². The molecule has 0 aromatic heterocycles. The van der Waals surface area contributed by atoms with Crippen LogP contribution in [0.15, 0.2) is 47.4 Å². The summed E-state index contributed by atoms with van der Waals surface area (Å²) in [4.78, 5) is 12.5. The number of halogens is 1. The third-order valence-corrected chi connectivity index (χ3v) is 4.35. The fourth-order valence-corrected chi connectivity index (χ4v) is 2.95. The molecule has 2 aromatic carbocycles. The SMILES string of the molecule is Cc1ccccc1S(=O)CC(=O)Nc1ccc(F)c(N)c1. The number of benzene rings is 2. The largest absolute Gasteiger partial charge is 0.396 e. The Kier molecular flexibility index (Phi) is 4.70. The second-order valence-corrected chi connectivity index (χ2v) is 5.96. The fourth-order valence-electron chi connectivity index (χ4n) is 1.83.